The van der Waals surface area contributed by atoms with Gasteiger partial charge in [0.15, 0.2) is 0 Å². The maximum absolute atomic E-state index is 13.2. The van der Waals surface area contributed by atoms with E-state index in [-0.39, 0.29) is 18.0 Å². The van der Waals surface area contributed by atoms with Crippen molar-refractivity contribution in [1.29, 1.82) is 0 Å². The third-order valence-corrected chi connectivity index (χ3v) is 4.19. The maximum atomic E-state index is 13.2. The normalized spacial score (nSPS) is 19.4. The molecule has 0 bridgehead atoms. The van der Waals surface area contributed by atoms with E-state index in [0.717, 1.165) is 16.4 Å². The van der Waals surface area contributed by atoms with Crippen LogP contribution < -0.4 is 10.5 Å². The Morgan fingerprint density at radius 1 is 1.37 bits per heavy atom. The summed E-state index contributed by atoms with van der Waals surface area (Å²) in [7, 11) is 0. The summed E-state index contributed by atoms with van der Waals surface area (Å²) in [5.74, 6) is 1.20. The highest BCUT2D eigenvalue weighted by atomic mass is 32.2. The molecule has 1 aromatic heterocycles. The summed E-state index contributed by atoms with van der Waals surface area (Å²) in [6.45, 7) is 0. The topological polar surface area (TPSA) is 48.1 Å². The number of fused-ring (bicyclic) bond motifs is 1. The van der Waals surface area contributed by atoms with E-state index < -0.39 is 0 Å². The van der Waals surface area contributed by atoms with Crippen LogP contribution in [0.5, 0.6) is 5.75 Å². The molecule has 2 heterocycles. The smallest absolute Gasteiger partial charge is 0.141 e. The van der Waals surface area contributed by atoms with Gasteiger partial charge in [-0.15, -0.1) is 11.8 Å². The van der Waals surface area contributed by atoms with Crippen LogP contribution >= 0.6 is 11.8 Å². The number of pyridine rings is 1. The van der Waals surface area contributed by atoms with Gasteiger partial charge in [0.1, 0.15) is 17.7 Å². The van der Waals surface area contributed by atoms with Gasteiger partial charge in [0.25, 0.3) is 0 Å². The first kappa shape index (κ1) is 12.4. The molecule has 2 N–H and O–H groups in total. The Kier molecular flexibility index (Phi) is 3.40. The lowest BCUT2D eigenvalue weighted by Gasteiger charge is -2.29. The van der Waals surface area contributed by atoms with Gasteiger partial charge in [-0.3, -0.25) is 4.98 Å². The van der Waals surface area contributed by atoms with Crippen molar-refractivity contribution in [3.8, 4) is 5.75 Å². The van der Waals surface area contributed by atoms with Crippen LogP contribution in [0.15, 0.2) is 47.6 Å². The van der Waals surface area contributed by atoms with Gasteiger partial charge < -0.3 is 10.5 Å². The van der Waals surface area contributed by atoms with Crippen molar-refractivity contribution >= 4 is 11.8 Å². The molecule has 1 aliphatic heterocycles. The van der Waals surface area contributed by atoms with Gasteiger partial charge in [0.2, 0.25) is 0 Å². The van der Waals surface area contributed by atoms with E-state index in [2.05, 4.69) is 4.98 Å². The predicted octanol–water partition coefficient (Wildman–Crippen LogP) is 2.77. The number of ether oxygens (including phenoxy) is 1. The van der Waals surface area contributed by atoms with Crippen molar-refractivity contribution in [3.63, 3.8) is 0 Å². The lowest BCUT2D eigenvalue weighted by Crippen LogP contribution is -2.35. The van der Waals surface area contributed by atoms with Crippen LogP contribution in [0.3, 0.4) is 0 Å². The van der Waals surface area contributed by atoms with Crippen LogP contribution in [-0.4, -0.2) is 16.8 Å². The minimum atomic E-state index is -0.385. The molecule has 0 saturated carbocycles. The monoisotopic (exact) mass is 276 g/mol. The number of hydrogen-bond donors (Lipinski definition) is 1. The molecule has 0 fully saturated rings. The number of thioether (sulfide) groups is 1. The Hall–Kier alpha value is -1.59. The van der Waals surface area contributed by atoms with Gasteiger partial charge in [0.05, 0.1) is 12.2 Å². The largest absolute Gasteiger partial charge is 0.486 e. The molecule has 0 spiro atoms. The molecule has 3 nitrogen and oxygen atoms in total. The zero-order valence-corrected chi connectivity index (χ0v) is 10.9. The summed E-state index contributed by atoms with van der Waals surface area (Å²) in [6, 6.07) is 8.87. The minimum absolute atomic E-state index is 0.177. The van der Waals surface area contributed by atoms with Gasteiger partial charge >= 0.3 is 0 Å². The molecule has 2 atom stereocenters. The van der Waals surface area contributed by atoms with Crippen LogP contribution in [0, 0.1) is 5.82 Å². The first-order valence-electron chi connectivity index (χ1n) is 5.98. The molecule has 5 heteroatoms. The van der Waals surface area contributed by atoms with Gasteiger partial charge in [-0.2, -0.15) is 0 Å². The van der Waals surface area contributed by atoms with Gasteiger partial charge in [-0.25, -0.2) is 4.39 Å². The summed E-state index contributed by atoms with van der Waals surface area (Å²) in [4.78, 5) is 4.94. The Morgan fingerprint density at radius 3 is 3.05 bits per heavy atom. The number of nitrogens with two attached hydrogens (primary N) is 1. The molecular weight excluding hydrogens is 263 g/mol. The van der Waals surface area contributed by atoms with Crippen molar-refractivity contribution in [2.24, 2.45) is 5.73 Å². The van der Waals surface area contributed by atoms with E-state index >= 15 is 0 Å². The quantitative estimate of drug-likeness (QED) is 0.916. The van der Waals surface area contributed by atoms with Crippen LogP contribution in [0.4, 0.5) is 4.39 Å². The molecule has 0 radical (unpaired) electrons. The SMILES string of the molecule is NC(c1cncc(F)c1)C1CSc2ccccc2O1. The zero-order chi connectivity index (χ0) is 13.2. The van der Waals surface area contributed by atoms with Crippen LogP contribution in [0.2, 0.25) is 0 Å². The standard InChI is InChI=1S/C14H13FN2OS/c15-10-5-9(6-17-7-10)14(16)12-8-19-13-4-2-1-3-11(13)18-12/h1-7,12,14H,8,16H2. The third-order valence-electron chi connectivity index (χ3n) is 3.04. The van der Waals surface area contributed by atoms with E-state index in [9.17, 15) is 4.39 Å². The highest BCUT2D eigenvalue weighted by Crippen LogP contribution is 2.37. The first-order chi connectivity index (χ1) is 9.24. The minimum Gasteiger partial charge on any atom is -0.486 e. The Labute approximate surface area is 115 Å². The Morgan fingerprint density at radius 2 is 2.21 bits per heavy atom. The predicted molar refractivity (Wildman–Crippen MR) is 72.7 cm³/mol. The number of aromatic nitrogens is 1. The van der Waals surface area contributed by atoms with Crippen molar-refractivity contribution in [2.45, 2.75) is 17.0 Å². The van der Waals surface area contributed by atoms with Crippen LogP contribution in [0.25, 0.3) is 0 Å². The Bertz CT molecular complexity index is 593. The molecule has 0 saturated heterocycles. The number of benzene rings is 1. The fourth-order valence-electron chi connectivity index (χ4n) is 2.04. The fraction of sp³-hybridized carbons (Fsp3) is 0.214. The highest BCUT2D eigenvalue weighted by molar-refractivity contribution is 7.99. The molecule has 0 amide bonds. The summed E-state index contributed by atoms with van der Waals surface area (Å²) in [5, 5.41) is 0. The second-order valence-corrected chi connectivity index (χ2v) is 5.44. The lowest BCUT2D eigenvalue weighted by molar-refractivity contribution is 0.185. The molecule has 1 aromatic carbocycles. The second-order valence-electron chi connectivity index (χ2n) is 4.38. The summed E-state index contributed by atoms with van der Waals surface area (Å²) in [5.41, 5.74) is 6.81. The molecule has 2 unspecified atom stereocenters. The van der Waals surface area contributed by atoms with Gasteiger partial charge in [-0.1, -0.05) is 12.1 Å². The Balaban J connectivity index is 1.81. The summed E-state index contributed by atoms with van der Waals surface area (Å²) in [6.07, 6.45) is 2.58. The van der Waals surface area contributed by atoms with E-state index in [1.54, 1.807) is 18.0 Å². The molecule has 2 aromatic rings. The van der Waals surface area contributed by atoms with Gasteiger partial charge in [-0.05, 0) is 23.8 Å². The number of para-hydroxylation sites is 1. The number of nitrogens with zero attached hydrogens (tertiary/aromatic N) is 1. The molecule has 98 valence electrons. The first-order valence-corrected chi connectivity index (χ1v) is 6.97. The lowest BCUT2D eigenvalue weighted by atomic mass is 10.1. The molecule has 0 aliphatic carbocycles. The highest BCUT2D eigenvalue weighted by Gasteiger charge is 2.27. The van der Waals surface area contributed by atoms with E-state index in [1.807, 2.05) is 24.3 Å². The zero-order valence-electron chi connectivity index (χ0n) is 10.1. The molecular formula is C14H13FN2OS. The average Bonchev–Trinajstić information content (AvgIpc) is 2.46. The van der Waals surface area contributed by atoms with Crippen molar-refractivity contribution in [2.75, 3.05) is 5.75 Å². The van der Waals surface area contributed by atoms with E-state index in [1.165, 1.54) is 12.3 Å². The van der Waals surface area contributed by atoms with Crippen molar-refractivity contribution < 1.29 is 9.13 Å². The average molecular weight is 276 g/mol. The van der Waals surface area contributed by atoms with Crippen LogP contribution in [-0.2, 0) is 0 Å². The van der Waals surface area contributed by atoms with E-state index in [4.69, 9.17) is 10.5 Å². The molecule has 3 rings (SSSR count). The van der Waals surface area contributed by atoms with Gasteiger partial charge in [0, 0.05) is 16.8 Å². The fourth-order valence-corrected chi connectivity index (χ4v) is 3.09. The van der Waals surface area contributed by atoms with Crippen molar-refractivity contribution in [1.82, 2.24) is 4.98 Å². The second kappa shape index (κ2) is 5.19. The number of rotatable bonds is 2. The number of halogens is 1. The van der Waals surface area contributed by atoms with Crippen molar-refractivity contribution in [3.05, 3.63) is 54.1 Å². The third kappa shape index (κ3) is 2.57. The summed E-state index contributed by atoms with van der Waals surface area (Å²) >= 11 is 1.70. The molecule has 19 heavy (non-hydrogen) atoms. The number of hydrogen-bond acceptors (Lipinski definition) is 4. The molecule has 1 aliphatic rings. The van der Waals surface area contributed by atoms with Crippen LogP contribution in [0.1, 0.15) is 11.6 Å². The summed E-state index contributed by atoms with van der Waals surface area (Å²) < 4.78 is 19.1. The van der Waals surface area contributed by atoms with E-state index in [0.29, 0.717) is 5.56 Å². The maximum Gasteiger partial charge on any atom is 0.141 e.